The van der Waals surface area contributed by atoms with Crippen LogP contribution in [0, 0.1) is 0 Å². The Morgan fingerprint density at radius 3 is 2.52 bits per heavy atom. The van der Waals surface area contributed by atoms with Gasteiger partial charge in [-0.05, 0) is 56.1 Å². The Balaban J connectivity index is 1.44. The number of hydrogen-bond donors (Lipinski definition) is 0. The van der Waals surface area contributed by atoms with Crippen LogP contribution in [0.5, 0.6) is 5.75 Å². The van der Waals surface area contributed by atoms with Crippen molar-refractivity contribution >= 4 is 5.91 Å². The minimum atomic E-state index is 0.0951. The van der Waals surface area contributed by atoms with Crippen molar-refractivity contribution in [3.63, 3.8) is 0 Å². The fourth-order valence-electron chi connectivity index (χ4n) is 3.45. The molecule has 0 radical (unpaired) electrons. The summed E-state index contributed by atoms with van der Waals surface area (Å²) < 4.78 is 11.2. The van der Waals surface area contributed by atoms with Crippen LogP contribution in [-0.4, -0.2) is 68.8 Å². The minimum Gasteiger partial charge on any atom is -0.497 e. The van der Waals surface area contributed by atoms with Crippen LogP contribution in [0.2, 0.25) is 0 Å². The van der Waals surface area contributed by atoms with E-state index < -0.39 is 0 Å². The van der Waals surface area contributed by atoms with E-state index in [-0.39, 0.29) is 12.0 Å². The van der Waals surface area contributed by atoms with Crippen molar-refractivity contribution in [1.82, 2.24) is 9.80 Å². The SMILES string of the molecule is COc1ccc(C(=O)N2CCC(OCC3=CCCN(C)C3)CC2)cc1. The molecule has 0 spiro atoms. The highest BCUT2D eigenvalue weighted by molar-refractivity contribution is 5.94. The number of methoxy groups -OCH3 is 1. The maximum Gasteiger partial charge on any atom is 0.253 e. The number of piperidine rings is 1. The molecule has 0 N–H and O–H groups in total. The maximum absolute atomic E-state index is 12.6. The number of hydrogen-bond acceptors (Lipinski definition) is 4. The predicted molar refractivity (Wildman–Crippen MR) is 98.1 cm³/mol. The molecular weight excluding hydrogens is 316 g/mol. The molecule has 0 saturated carbocycles. The first kappa shape index (κ1) is 18.0. The number of benzene rings is 1. The van der Waals surface area contributed by atoms with Gasteiger partial charge >= 0.3 is 0 Å². The van der Waals surface area contributed by atoms with Crippen molar-refractivity contribution in [3.8, 4) is 5.75 Å². The van der Waals surface area contributed by atoms with Crippen molar-refractivity contribution in [3.05, 3.63) is 41.5 Å². The van der Waals surface area contributed by atoms with Crippen LogP contribution in [0.1, 0.15) is 29.6 Å². The lowest BCUT2D eigenvalue weighted by atomic mass is 10.1. The van der Waals surface area contributed by atoms with Gasteiger partial charge < -0.3 is 19.3 Å². The molecule has 136 valence electrons. The average Bonchev–Trinajstić information content (AvgIpc) is 2.66. The molecule has 0 aliphatic carbocycles. The summed E-state index contributed by atoms with van der Waals surface area (Å²) >= 11 is 0. The molecular formula is C20H28N2O3. The van der Waals surface area contributed by atoms with Gasteiger partial charge in [0.1, 0.15) is 5.75 Å². The second kappa shape index (κ2) is 8.50. The normalized spacial score (nSPS) is 19.6. The number of amides is 1. The van der Waals surface area contributed by atoms with Gasteiger partial charge in [-0.25, -0.2) is 0 Å². The van der Waals surface area contributed by atoms with Gasteiger partial charge in [-0.2, -0.15) is 0 Å². The van der Waals surface area contributed by atoms with E-state index in [4.69, 9.17) is 9.47 Å². The molecule has 2 aliphatic rings. The molecule has 1 aromatic carbocycles. The summed E-state index contributed by atoms with van der Waals surface area (Å²) in [5.41, 5.74) is 2.10. The lowest BCUT2D eigenvalue weighted by Crippen LogP contribution is -2.41. The van der Waals surface area contributed by atoms with Crippen LogP contribution < -0.4 is 4.74 Å². The van der Waals surface area contributed by atoms with E-state index in [2.05, 4.69) is 18.0 Å². The number of likely N-dealkylation sites (N-methyl/N-ethyl adjacent to an activating group) is 1. The molecule has 1 amide bonds. The minimum absolute atomic E-state index is 0.0951. The first-order valence-corrected chi connectivity index (χ1v) is 9.07. The fourth-order valence-corrected chi connectivity index (χ4v) is 3.45. The van der Waals surface area contributed by atoms with Crippen LogP contribution >= 0.6 is 0 Å². The van der Waals surface area contributed by atoms with Gasteiger partial charge in [0.05, 0.1) is 19.8 Å². The van der Waals surface area contributed by atoms with E-state index in [1.165, 1.54) is 5.57 Å². The molecule has 25 heavy (non-hydrogen) atoms. The van der Waals surface area contributed by atoms with Gasteiger partial charge in [0.15, 0.2) is 0 Å². The maximum atomic E-state index is 12.6. The summed E-state index contributed by atoms with van der Waals surface area (Å²) in [5, 5.41) is 0. The molecule has 5 nitrogen and oxygen atoms in total. The van der Waals surface area contributed by atoms with Crippen molar-refractivity contribution < 1.29 is 14.3 Å². The zero-order chi connectivity index (χ0) is 17.6. The molecule has 0 unspecified atom stereocenters. The topological polar surface area (TPSA) is 42.0 Å². The van der Waals surface area contributed by atoms with E-state index in [1.54, 1.807) is 7.11 Å². The lowest BCUT2D eigenvalue weighted by Gasteiger charge is -2.32. The number of nitrogens with zero attached hydrogens (tertiary/aromatic N) is 2. The van der Waals surface area contributed by atoms with Gasteiger partial charge in [0.25, 0.3) is 5.91 Å². The molecule has 5 heteroatoms. The molecule has 0 atom stereocenters. The summed E-state index contributed by atoms with van der Waals surface area (Å²) in [5.74, 6) is 0.865. The highest BCUT2D eigenvalue weighted by Crippen LogP contribution is 2.19. The summed E-state index contributed by atoms with van der Waals surface area (Å²) in [6.45, 7) is 4.38. The van der Waals surface area contributed by atoms with Gasteiger partial charge in [-0.3, -0.25) is 4.79 Å². The Hall–Kier alpha value is -1.85. The summed E-state index contributed by atoms with van der Waals surface area (Å²) in [7, 11) is 3.78. The molecule has 3 rings (SSSR count). The van der Waals surface area contributed by atoms with Crippen LogP contribution in [0.15, 0.2) is 35.9 Å². The van der Waals surface area contributed by atoms with Crippen molar-refractivity contribution in [2.24, 2.45) is 0 Å². The van der Waals surface area contributed by atoms with Crippen LogP contribution in [0.3, 0.4) is 0 Å². The Morgan fingerprint density at radius 1 is 1.16 bits per heavy atom. The highest BCUT2D eigenvalue weighted by atomic mass is 16.5. The molecule has 1 saturated heterocycles. The fraction of sp³-hybridized carbons (Fsp3) is 0.550. The molecule has 2 heterocycles. The third kappa shape index (κ3) is 4.83. The van der Waals surface area contributed by atoms with Crippen LogP contribution in [-0.2, 0) is 4.74 Å². The van der Waals surface area contributed by atoms with Gasteiger partial charge in [-0.1, -0.05) is 6.08 Å². The third-order valence-electron chi connectivity index (χ3n) is 4.99. The van der Waals surface area contributed by atoms with E-state index in [0.29, 0.717) is 0 Å². The van der Waals surface area contributed by atoms with Crippen molar-refractivity contribution in [2.45, 2.75) is 25.4 Å². The van der Waals surface area contributed by atoms with E-state index in [1.807, 2.05) is 29.2 Å². The van der Waals surface area contributed by atoms with E-state index in [9.17, 15) is 4.79 Å². The summed E-state index contributed by atoms with van der Waals surface area (Å²) in [6.07, 6.45) is 5.50. The van der Waals surface area contributed by atoms with Crippen molar-refractivity contribution in [2.75, 3.05) is 46.9 Å². The van der Waals surface area contributed by atoms with Gasteiger partial charge in [0, 0.05) is 31.7 Å². The average molecular weight is 344 g/mol. The largest absolute Gasteiger partial charge is 0.497 e. The van der Waals surface area contributed by atoms with E-state index in [0.717, 1.165) is 63.4 Å². The Labute approximate surface area is 150 Å². The number of ether oxygens (including phenoxy) is 2. The van der Waals surface area contributed by atoms with Crippen LogP contribution in [0.4, 0.5) is 0 Å². The summed E-state index contributed by atoms with van der Waals surface area (Å²) in [4.78, 5) is 16.8. The predicted octanol–water partition coefficient (Wildman–Crippen LogP) is 2.58. The third-order valence-corrected chi connectivity index (χ3v) is 4.99. The zero-order valence-electron chi connectivity index (χ0n) is 15.2. The quantitative estimate of drug-likeness (QED) is 0.770. The molecule has 0 bridgehead atoms. The highest BCUT2D eigenvalue weighted by Gasteiger charge is 2.24. The Kier molecular flexibility index (Phi) is 6.10. The number of rotatable bonds is 5. The second-order valence-electron chi connectivity index (χ2n) is 6.92. The lowest BCUT2D eigenvalue weighted by molar-refractivity contribution is 0.0168. The first-order chi connectivity index (χ1) is 12.2. The Bertz CT molecular complexity index is 604. The standard InChI is InChI=1S/C20H28N2O3/c1-21-11-3-4-16(14-21)15-25-19-9-12-22(13-10-19)20(23)17-5-7-18(24-2)8-6-17/h4-8,19H,3,9-15H2,1-2H3. The number of likely N-dealkylation sites (tertiary alicyclic amines) is 1. The molecule has 2 aliphatic heterocycles. The zero-order valence-corrected chi connectivity index (χ0v) is 15.2. The smallest absolute Gasteiger partial charge is 0.253 e. The van der Waals surface area contributed by atoms with E-state index >= 15 is 0 Å². The molecule has 1 fully saturated rings. The Morgan fingerprint density at radius 2 is 1.88 bits per heavy atom. The van der Waals surface area contributed by atoms with Crippen molar-refractivity contribution in [1.29, 1.82) is 0 Å². The first-order valence-electron chi connectivity index (χ1n) is 9.07. The van der Waals surface area contributed by atoms with Gasteiger partial charge in [0.2, 0.25) is 0 Å². The number of carbonyl (C=O) groups is 1. The van der Waals surface area contributed by atoms with Crippen LogP contribution in [0.25, 0.3) is 0 Å². The van der Waals surface area contributed by atoms with Gasteiger partial charge in [-0.15, -0.1) is 0 Å². The molecule has 1 aromatic rings. The molecule has 0 aromatic heterocycles. The number of carbonyl (C=O) groups excluding carboxylic acids is 1. The monoisotopic (exact) mass is 344 g/mol. The second-order valence-corrected chi connectivity index (χ2v) is 6.92. The summed E-state index contributed by atoms with van der Waals surface area (Å²) in [6, 6.07) is 7.32.